The van der Waals surface area contributed by atoms with Crippen LogP contribution in [0.25, 0.3) is 0 Å². The van der Waals surface area contributed by atoms with Crippen molar-refractivity contribution >= 4 is 17.5 Å². The molecule has 1 aromatic rings. The molecule has 0 heterocycles. The van der Waals surface area contributed by atoms with Crippen LogP contribution in [-0.4, -0.2) is 29.8 Å². The van der Waals surface area contributed by atoms with E-state index in [1.54, 1.807) is 11.8 Å². The fourth-order valence-electron chi connectivity index (χ4n) is 2.10. The summed E-state index contributed by atoms with van der Waals surface area (Å²) in [5, 5.41) is 2.88. The molecular weight excluding hydrogens is 264 g/mol. The van der Waals surface area contributed by atoms with Gasteiger partial charge in [0.25, 0.3) is 0 Å². The fraction of sp³-hybridized carbons (Fsp3) is 0.529. The van der Waals surface area contributed by atoms with Crippen molar-refractivity contribution in [3.05, 3.63) is 29.3 Å². The predicted octanol–water partition coefficient (Wildman–Crippen LogP) is 3.14. The van der Waals surface area contributed by atoms with Crippen molar-refractivity contribution in [3.8, 4) is 0 Å². The van der Waals surface area contributed by atoms with Crippen LogP contribution in [0.3, 0.4) is 0 Å². The number of anilines is 1. The lowest BCUT2D eigenvalue weighted by Gasteiger charge is -2.22. The average molecular weight is 290 g/mol. The van der Waals surface area contributed by atoms with E-state index in [1.165, 1.54) is 5.56 Å². The number of aryl methyl sites for hydroxylation is 2. The second-order valence-electron chi connectivity index (χ2n) is 5.96. The molecule has 116 valence electrons. The van der Waals surface area contributed by atoms with Gasteiger partial charge in [-0.05, 0) is 43.0 Å². The number of carbonyl (C=O) groups excluding carboxylic acids is 2. The Morgan fingerprint density at radius 3 is 2.38 bits per heavy atom. The molecule has 0 saturated carbocycles. The molecule has 0 aliphatic carbocycles. The summed E-state index contributed by atoms with van der Waals surface area (Å²) in [4.78, 5) is 25.2. The largest absolute Gasteiger partial charge is 0.342 e. The summed E-state index contributed by atoms with van der Waals surface area (Å²) < 4.78 is 0. The number of rotatable bonds is 6. The molecule has 1 rings (SSSR count). The normalized spacial score (nSPS) is 10.6. The fourth-order valence-corrected chi connectivity index (χ4v) is 2.10. The van der Waals surface area contributed by atoms with Crippen molar-refractivity contribution in [1.29, 1.82) is 0 Å². The molecule has 0 fully saturated rings. The lowest BCUT2D eigenvalue weighted by Crippen LogP contribution is -2.34. The van der Waals surface area contributed by atoms with Crippen LogP contribution in [-0.2, 0) is 9.59 Å². The first-order valence-corrected chi connectivity index (χ1v) is 7.42. The van der Waals surface area contributed by atoms with E-state index in [0.29, 0.717) is 25.4 Å². The maximum absolute atomic E-state index is 12.0. The molecule has 0 unspecified atom stereocenters. The Morgan fingerprint density at radius 2 is 1.86 bits per heavy atom. The molecule has 0 saturated heterocycles. The number of benzene rings is 1. The Kier molecular flexibility index (Phi) is 6.40. The van der Waals surface area contributed by atoms with E-state index in [1.807, 2.05) is 32.0 Å². The summed E-state index contributed by atoms with van der Waals surface area (Å²) in [6.07, 6.45) is 0.319. The van der Waals surface area contributed by atoms with Crippen LogP contribution in [0.15, 0.2) is 18.2 Å². The highest BCUT2D eigenvalue weighted by molar-refractivity contribution is 5.91. The summed E-state index contributed by atoms with van der Waals surface area (Å²) in [5.74, 6) is 0.354. The van der Waals surface area contributed by atoms with Gasteiger partial charge in [0, 0.05) is 32.1 Å². The zero-order valence-corrected chi connectivity index (χ0v) is 13.7. The molecule has 0 radical (unpaired) electrons. The smallest absolute Gasteiger partial charge is 0.226 e. The summed E-state index contributed by atoms with van der Waals surface area (Å²) in [6.45, 7) is 10.9. The zero-order valence-electron chi connectivity index (χ0n) is 13.7. The van der Waals surface area contributed by atoms with Gasteiger partial charge < -0.3 is 10.2 Å². The average Bonchev–Trinajstić information content (AvgIpc) is 2.38. The van der Waals surface area contributed by atoms with Crippen LogP contribution in [0, 0.1) is 19.8 Å². The zero-order chi connectivity index (χ0) is 16.0. The molecule has 0 aromatic heterocycles. The molecular formula is C17H26N2O2. The standard InChI is InChI=1S/C17H26N2O2/c1-12(2)11-19(15(5)20)9-8-17(21)18-16-7-6-13(3)14(4)10-16/h6-7,10,12H,8-9,11H2,1-5H3,(H,18,21). The van der Waals surface area contributed by atoms with Crippen molar-refractivity contribution in [2.24, 2.45) is 5.92 Å². The highest BCUT2D eigenvalue weighted by Crippen LogP contribution is 2.14. The van der Waals surface area contributed by atoms with E-state index in [2.05, 4.69) is 19.2 Å². The van der Waals surface area contributed by atoms with Crippen LogP contribution in [0.2, 0.25) is 0 Å². The van der Waals surface area contributed by atoms with Crippen molar-refractivity contribution in [3.63, 3.8) is 0 Å². The van der Waals surface area contributed by atoms with Gasteiger partial charge in [-0.25, -0.2) is 0 Å². The van der Waals surface area contributed by atoms with Gasteiger partial charge in [0.05, 0.1) is 0 Å². The molecule has 2 amide bonds. The quantitative estimate of drug-likeness (QED) is 0.875. The third kappa shape index (κ3) is 5.98. The van der Waals surface area contributed by atoms with E-state index in [9.17, 15) is 9.59 Å². The first kappa shape index (κ1) is 17.2. The van der Waals surface area contributed by atoms with Gasteiger partial charge in [0.15, 0.2) is 0 Å². The monoisotopic (exact) mass is 290 g/mol. The molecule has 1 N–H and O–H groups in total. The highest BCUT2D eigenvalue weighted by Gasteiger charge is 2.12. The lowest BCUT2D eigenvalue weighted by molar-refractivity contribution is -0.129. The molecule has 0 bridgehead atoms. The number of carbonyl (C=O) groups is 2. The second-order valence-corrected chi connectivity index (χ2v) is 5.96. The SMILES string of the molecule is CC(=O)N(CCC(=O)Nc1ccc(C)c(C)c1)CC(C)C. The van der Waals surface area contributed by atoms with E-state index < -0.39 is 0 Å². The maximum Gasteiger partial charge on any atom is 0.226 e. The van der Waals surface area contributed by atoms with Gasteiger partial charge in [-0.2, -0.15) is 0 Å². The van der Waals surface area contributed by atoms with E-state index in [4.69, 9.17) is 0 Å². The maximum atomic E-state index is 12.0. The van der Waals surface area contributed by atoms with Crippen molar-refractivity contribution < 1.29 is 9.59 Å². The first-order valence-electron chi connectivity index (χ1n) is 7.42. The minimum absolute atomic E-state index is 0.0164. The van der Waals surface area contributed by atoms with Crippen LogP contribution >= 0.6 is 0 Å². The van der Waals surface area contributed by atoms with E-state index >= 15 is 0 Å². The number of nitrogens with zero attached hydrogens (tertiary/aromatic N) is 1. The van der Waals surface area contributed by atoms with Gasteiger partial charge in [-0.1, -0.05) is 19.9 Å². The highest BCUT2D eigenvalue weighted by atomic mass is 16.2. The van der Waals surface area contributed by atoms with Gasteiger partial charge in [0.2, 0.25) is 11.8 Å². The van der Waals surface area contributed by atoms with E-state index in [0.717, 1.165) is 11.3 Å². The lowest BCUT2D eigenvalue weighted by atomic mass is 10.1. The van der Waals surface area contributed by atoms with Gasteiger partial charge in [0.1, 0.15) is 0 Å². The molecule has 4 nitrogen and oxygen atoms in total. The Bertz CT molecular complexity index is 510. The second kappa shape index (κ2) is 7.81. The van der Waals surface area contributed by atoms with Crippen LogP contribution < -0.4 is 5.32 Å². The number of hydrogen-bond donors (Lipinski definition) is 1. The summed E-state index contributed by atoms with van der Waals surface area (Å²) in [7, 11) is 0. The summed E-state index contributed by atoms with van der Waals surface area (Å²) >= 11 is 0. The Morgan fingerprint density at radius 1 is 1.19 bits per heavy atom. The molecule has 0 aliphatic rings. The molecule has 0 aliphatic heterocycles. The molecule has 0 spiro atoms. The molecule has 1 aromatic carbocycles. The van der Waals surface area contributed by atoms with Crippen molar-refractivity contribution in [2.75, 3.05) is 18.4 Å². The van der Waals surface area contributed by atoms with E-state index in [-0.39, 0.29) is 11.8 Å². The Labute approximate surface area is 127 Å². The van der Waals surface area contributed by atoms with Crippen molar-refractivity contribution in [1.82, 2.24) is 4.90 Å². The van der Waals surface area contributed by atoms with Gasteiger partial charge in [-0.3, -0.25) is 9.59 Å². The van der Waals surface area contributed by atoms with Crippen LogP contribution in [0.1, 0.15) is 38.3 Å². The number of nitrogens with one attached hydrogen (secondary N) is 1. The molecule has 0 atom stereocenters. The number of hydrogen-bond acceptors (Lipinski definition) is 2. The predicted molar refractivity (Wildman–Crippen MR) is 86.3 cm³/mol. The van der Waals surface area contributed by atoms with Gasteiger partial charge >= 0.3 is 0 Å². The minimum atomic E-state index is -0.0618. The van der Waals surface area contributed by atoms with Crippen LogP contribution in [0.5, 0.6) is 0 Å². The first-order chi connectivity index (χ1) is 9.79. The van der Waals surface area contributed by atoms with Gasteiger partial charge in [-0.15, -0.1) is 0 Å². The summed E-state index contributed by atoms with van der Waals surface area (Å²) in [5.41, 5.74) is 3.16. The Balaban J connectivity index is 2.52. The molecule has 21 heavy (non-hydrogen) atoms. The van der Waals surface area contributed by atoms with Crippen molar-refractivity contribution in [2.45, 2.75) is 41.0 Å². The Hall–Kier alpha value is -1.84. The topological polar surface area (TPSA) is 49.4 Å². The third-order valence-electron chi connectivity index (χ3n) is 3.43. The summed E-state index contributed by atoms with van der Waals surface area (Å²) in [6, 6.07) is 5.85. The third-order valence-corrected chi connectivity index (χ3v) is 3.43. The number of amides is 2. The minimum Gasteiger partial charge on any atom is -0.342 e. The van der Waals surface area contributed by atoms with Crippen LogP contribution in [0.4, 0.5) is 5.69 Å². The molecule has 4 heteroatoms.